The number of nitro groups is 2. The highest BCUT2D eigenvalue weighted by atomic mass is 35.5. The molecule has 16 heavy (non-hydrogen) atoms. The van der Waals surface area contributed by atoms with Crippen LogP contribution >= 0.6 is 23.2 Å². The summed E-state index contributed by atoms with van der Waals surface area (Å²) in [6.07, 6.45) is -0.0554. The zero-order chi connectivity index (χ0) is 12.3. The number of rotatable bonds is 4. The van der Waals surface area contributed by atoms with E-state index in [9.17, 15) is 20.2 Å². The van der Waals surface area contributed by atoms with Gasteiger partial charge in [0.2, 0.25) is 6.54 Å². The van der Waals surface area contributed by atoms with Gasteiger partial charge in [-0.2, -0.15) is 0 Å². The first-order valence-corrected chi connectivity index (χ1v) is 4.91. The average Bonchev–Trinajstić information content (AvgIpc) is 2.18. The third kappa shape index (κ3) is 3.04. The molecule has 1 rings (SSSR count). The van der Waals surface area contributed by atoms with Crippen molar-refractivity contribution in [3.63, 3.8) is 0 Å². The van der Waals surface area contributed by atoms with E-state index < -0.39 is 16.4 Å². The van der Waals surface area contributed by atoms with E-state index in [1.54, 1.807) is 0 Å². The van der Waals surface area contributed by atoms with Crippen LogP contribution in [0.5, 0.6) is 0 Å². The molecule has 1 aromatic carbocycles. The molecule has 6 nitrogen and oxygen atoms in total. The van der Waals surface area contributed by atoms with Crippen LogP contribution in [0.3, 0.4) is 0 Å². The summed E-state index contributed by atoms with van der Waals surface area (Å²) in [5, 5.41) is 21.0. The lowest BCUT2D eigenvalue weighted by molar-refractivity contribution is -0.479. The van der Waals surface area contributed by atoms with Gasteiger partial charge in [-0.25, -0.2) is 0 Å². The van der Waals surface area contributed by atoms with Gasteiger partial charge < -0.3 is 0 Å². The van der Waals surface area contributed by atoms with Crippen LogP contribution in [0.25, 0.3) is 0 Å². The number of benzene rings is 1. The van der Waals surface area contributed by atoms with Crippen LogP contribution in [0.2, 0.25) is 10.0 Å². The second-order valence-electron chi connectivity index (χ2n) is 2.96. The van der Waals surface area contributed by atoms with Gasteiger partial charge >= 0.3 is 0 Å². The highest BCUT2D eigenvalue weighted by molar-refractivity contribution is 6.42. The molecule has 86 valence electrons. The maximum absolute atomic E-state index is 10.7. The first-order chi connectivity index (χ1) is 7.41. The van der Waals surface area contributed by atoms with Crippen LogP contribution in [0.1, 0.15) is 5.56 Å². The van der Waals surface area contributed by atoms with Crippen molar-refractivity contribution in [3.05, 3.63) is 48.0 Å². The van der Waals surface area contributed by atoms with E-state index in [1.165, 1.54) is 6.07 Å². The molecule has 0 aliphatic rings. The molecule has 0 saturated heterocycles. The smallest absolute Gasteiger partial charge is 0.265 e. The molecule has 0 radical (unpaired) electrons. The minimum atomic E-state index is -0.641. The first-order valence-electron chi connectivity index (χ1n) is 4.16. The Morgan fingerprint density at radius 2 is 1.69 bits per heavy atom. The molecule has 0 heterocycles. The van der Waals surface area contributed by atoms with Crippen LogP contribution in [0.15, 0.2) is 12.1 Å². The Kier molecular flexibility index (Phi) is 4.03. The van der Waals surface area contributed by atoms with Crippen molar-refractivity contribution in [2.45, 2.75) is 6.42 Å². The molecule has 0 amide bonds. The van der Waals surface area contributed by atoms with Crippen molar-refractivity contribution >= 4 is 28.9 Å². The summed E-state index contributed by atoms with van der Waals surface area (Å²) in [6.45, 7) is -0.390. The number of hydrogen-bond acceptors (Lipinski definition) is 4. The zero-order valence-corrected chi connectivity index (χ0v) is 9.36. The van der Waals surface area contributed by atoms with Crippen LogP contribution in [0, 0.1) is 20.2 Å². The molecule has 0 saturated carbocycles. The van der Waals surface area contributed by atoms with Gasteiger partial charge in [-0.1, -0.05) is 23.2 Å². The lowest BCUT2D eigenvalue weighted by atomic mass is 10.1. The fraction of sp³-hybridized carbons (Fsp3) is 0.250. The van der Waals surface area contributed by atoms with Gasteiger partial charge in [-0.3, -0.25) is 20.2 Å². The first kappa shape index (κ1) is 12.7. The largest absolute Gasteiger partial charge is 0.274 e. The van der Waals surface area contributed by atoms with Gasteiger partial charge in [-0.05, 0) is 6.07 Å². The maximum atomic E-state index is 10.7. The van der Waals surface area contributed by atoms with E-state index in [4.69, 9.17) is 23.2 Å². The van der Waals surface area contributed by atoms with Crippen LogP contribution in [-0.2, 0) is 6.42 Å². The van der Waals surface area contributed by atoms with Crippen molar-refractivity contribution in [2.75, 3.05) is 6.54 Å². The third-order valence-electron chi connectivity index (χ3n) is 1.88. The standard InChI is InChI=1S/C8H6Cl2N2O4/c9-6-3-5(1-2-11(13)14)8(12(15)16)4-7(6)10/h3-4H,1-2H2. The number of halogens is 2. The molecule has 0 N–H and O–H groups in total. The minimum absolute atomic E-state index is 0.0539. The summed E-state index contributed by atoms with van der Waals surface area (Å²) in [4.78, 5) is 19.7. The summed E-state index contributed by atoms with van der Waals surface area (Å²) >= 11 is 11.3. The Morgan fingerprint density at radius 3 is 2.19 bits per heavy atom. The Hall–Kier alpha value is -1.40. The predicted octanol–water partition coefficient (Wildman–Crippen LogP) is 2.72. The second-order valence-corrected chi connectivity index (χ2v) is 3.77. The topological polar surface area (TPSA) is 86.3 Å². The molecule has 8 heteroatoms. The molecule has 0 bridgehead atoms. The Labute approximate surface area is 100 Å². The lowest BCUT2D eigenvalue weighted by Crippen LogP contribution is -2.06. The van der Waals surface area contributed by atoms with Crippen molar-refractivity contribution in [2.24, 2.45) is 0 Å². The molecule has 0 spiro atoms. The van der Waals surface area contributed by atoms with Crippen LogP contribution in [-0.4, -0.2) is 16.4 Å². The maximum Gasteiger partial charge on any atom is 0.274 e. The SMILES string of the molecule is O=[N+]([O-])CCc1cc(Cl)c(Cl)cc1[N+](=O)[O-]. The van der Waals surface area contributed by atoms with Crippen LogP contribution < -0.4 is 0 Å². The molecule has 0 fully saturated rings. The van der Waals surface area contributed by atoms with Gasteiger partial charge in [0.15, 0.2) is 0 Å². The van der Waals surface area contributed by atoms with Gasteiger partial charge in [-0.15, -0.1) is 0 Å². The quantitative estimate of drug-likeness (QED) is 0.618. The molecule has 1 aromatic rings. The summed E-state index contributed by atoms with van der Waals surface area (Å²) < 4.78 is 0. The Morgan fingerprint density at radius 1 is 1.12 bits per heavy atom. The van der Waals surface area contributed by atoms with Crippen molar-refractivity contribution in [3.8, 4) is 0 Å². The molecule has 0 aromatic heterocycles. The monoisotopic (exact) mass is 264 g/mol. The lowest BCUT2D eigenvalue weighted by Gasteiger charge is -2.02. The summed E-state index contributed by atoms with van der Waals surface area (Å²) in [6, 6.07) is 2.38. The van der Waals surface area contributed by atoms with Gasteiger partial charge in [0.25, 0.3) is 5.69 Å². The number of hydrogen-bond donors (Lipinski definition) is 0. The molecule has 0 aliphatic heterocycles. The molecular formula is C8H6Cl2N2O4. The second kappa shape index (κ2) is 5.09. The van der Waals surface area contributed by atoms with E-state index >= 15 is 0 Å². The zero-order valence-electron chi connectivity index (χ0n) is 7.85. The minimum Gasteiger partial charge on any atom is -0.265 e. The van der Waals surface area contributed by atoms with E-state index in [1.807, 2.05) is 0 Å². The van der Waals surface area contributed by atoms with E-state index in [-0.39, 0.29) is 27.7 Å². The van der Waals surface area contributed by atoms with E-state index in [0.717, 1.165) is 6.07 Å². The van der Waals surface area contributed by atoms with E-state index in [2.05, 4.69) is 0 Å². The average molecular weight is 265 g/mol. The molecular weight excluding hydrogens is 259 g/mol. The predicted molar refractivity (Wildman–Crippen MR) is 58.7 cm³/mol. The fourth-order valence-corrected chi connectivity index (χ4v) is 1.50. The van der Waals surface area contributed by atoms with Crippen molar-refractivity contribution in [1.82, 2.24) is 0 Å². The highest BCUT2D eigenvalue weighted by Crippen LogP contribution is 2.30. The molecule has 0 atom stereocenters. The normalized spacial score (nSPS) is 10.1. The van der Waals surface area contributed by atoms with Crippen molar-refractivity contribution < 1.29 is 9.85 Å². The summed E-state index contributed by atoms with van der Waals surface area (Å²) in [5.74, 6) is 0. The van der Waals surface area contributed by atoms with Crippen LogP contribution in [0.4, 0.5) is 5.69 Å². The number of nitrogens with zero attached hydrogens (tertiary/aromatic N) is 2. The highest BCUT2D eigenvalue weighted by Gasteiger charge is 2.18. The number of nitro benzene ring substituents is 1. The van der Waals surface area contributed by atoms with Crippen molar-refractivity contribution in [1.29, 1.82) is 0 Å². The Bertz CT molecular complexity index is 450. The van der Waals surface area contributed by atoms with Gasteiger partial charge in [0.1, 0.15) is 0 Å². The van der Waals surface area contributed by atoms with Gasteiger partial charge in [0, 0.05) is 23.0 Å². The summed E-state index contributed by atoms with van der Waals surface area (Å²) in [5.41, 5.74) is -0.0487. The van der Waals surface area contributed by atoms with Gasteiger partial charge in [0.05, 0.1) is 15.0 Å². The Balaban J connectivity index is 3.09. The fourth-order valence-electron chi connectivity index (χ4n) is 1.16. The van der Waals surface area contributed by atoms with E-state index in [0.29, 0.717) is 0 Å². The summed E-state index contributed by atoms with van der Waals surface area (Å²) in [7, 11) is 0. The molecule has 0 unspecified atom stereocenters. The molecule has 0 aliphatic carbocycles. The third-order valence-corrected chi connectivity index (χ3v) is 2.60.